The molecule has 8 nitrogen and oxygen atoms in total. The lowest BCUT2D eigenvalue weighted by atomic mass is 9.92. The van der Waals surface area contributed by atoms with Crippen LogP contribution >= 0.6 is 11.6 Å². The van der Waals surface area contributed by atoms with Crippen LogP contribution in [-0.4, -0.2) is 57.7 Å². The van der Waals surface area contributed by atoms with Crippen molar-refractivity contribution in [1.29, 1.82) is 0 Å². The Kier molecular flexibility index (Phi) is 4.40. The molecule has 2 aromatic rings. The molecule has 3 aliphatic rings. The predicted molar refractivity (Wildman–Crippen MR) is 107 cm³/mol. The van der Waals surface area contributed by atoms with Crippen LogP contribution in [0.25, 0.3) is 0 Å². The second-order valence-corrected chi connectivity index (χ2v) is 8.24. The lowest BCUT2D eigenvalue weighted by Crippen LogP contribution is -2.54. The SMILES string of the molecule is Nc1nnc(Cl)cc1N1CC2CCC(C1)N2c1ccnc(O[C@H]2C[C@@H](O)C2)c1. The summed E-state index contributed by atoms with van der Waals surface area (Å²) in [6, 6.07) is 6.62. The summed E-state index contributed by atoms with van der Waals surface area (Å²) < 4.78 is 5.91. The number of hydrogen-bond donors (Lipinski definition) is 2. The fourth-order valence-corrected chi connectivity index (χ4v) is 4.71. The zero-order valence-corrected chi connectivity index (χ0v) is 16.2. The van der Waals surface area contributed by atoms with Gasteiger partial charge in [-0.1, -0.05) is 11.6 Å². The highest BCUT2D eigenvalue weighted by atomic mass is 35.5. The molecule has 28 heavy (non-hydrogen) atoms. The first-order chi connectivity index (χ1) is 13.6. The van der Waals surface area contributed by atoms with E-state index < -0.39 is 0 Å². The Hall–Kier alpha value is -2.32. The largest absolute Gasteiger partial charge is 0.474 e. The Morgan fingerprint density at radius 2 is 1.89 bits per heavy atom. The molecule has 1 saturated carbocycles. The van der Waals surface area contributed by atoms with Crippen molar-refractivity contribution >= 4 is 28.8 Å². The van der Waals surface area contributed by atoms with Crippen LogP contribution in [0.4, 0.5) is 17.2 Å². The van der Waals surface area contributed by atoms with E-state index in [1.165, 1.54) is 0 Å². The van der Waals surface area contributed by atoms with Gasteiger partial charge in [-0.05, 0) is 18.9 Å². The number of nitrogens with two attached hydrogens (primary N) is 1. The highest BCUT2D eigenvalue weighted by molar-refractivity contribution is 6.29. The fraction of sp³-hybridized carbons (Fsp3) is 0.526. The van der Waals surface area contributed by atoms with Crippen LogP contribution in [0.5, 0.6) is 5.88 Å². The van der Waals surface area contributed by atoms with Crippen molar-refractivity contribution in [3.63, 3.8) is 0 Å². The van der Waals surface area contributed by atoms with Crippen molar-refractivity contribution in [2.45, 2.75) is 50.0 Å². The summed E-state index contributed by atoms with van der Waals surface area (Å²) in [5.74, 6) is 1.05. The number of nitrogen functional groups attached to an aromatic ring is 1. The van der Waals surface area contributed by atoms with Crippen molar-refractivity contribution in [1.82, 2.24) is 15.2 Å². The molecular formula is C19H23ClN6O2. The molecule has 3 N–H and O–H groups in total. The number of hydrogen-bond acceptors (Lipinski definition) is 8. The monoisotopic (exact) mass is 402 g/mol. The molecule has 2 bridgehead atoms. The molecule has 0 spiro atoms. The van der Waals surface area contributed by atoms with Crippen LogP contribution in [-0.2, 0) is 0 Å². The third-order valence-electron chi connectivity index (χ3n) is 5.97. The molecule has 0 amide bonds. The zero-order valence-electron chi connectivity index (χ0n) is 15.4. The van der Waals surface area contributed by atoms with Crippen molar-refractivity contribution in [3.8, 4) is 5.88 Å². The third-order valence-corrected chi connectivity index (χ3v) is 6.15. The summed E-state index contributed by atoms with van der Waals surface area (Å²) in [7, 11) is 0. The second kappa shape index (κ2) is 6.93. The van der Waals surface area contributed by atoms with Gasteiger partial charge >= 0.3 is 0 Å². The Morgan fingerprint density at radius 3 is 2.61 bits per heavy atom. The molecular weight excluding hydrogens is 380 g/mol. The second-order valence-electron chi connectivity index (χ2n) is 7.85. The predicted octanol–water partition coefficient (Wildman–Crippen LogP) is 1.87. The van der Waals surface area contributed by atoms with Crippen LogP contribution < -0.4 is 20.3 Å². The van der Waals surface area contributed by atoms with Gasteiger partial charge in [0, 0.05) is 62.0 Å². The number of aromatic nitrogens is 3. The van der Waals surface area contributed by atoms with Gasteiger partial charge in [-0.25, -0.2) is 4.98 Å². The summed E-state index contributed by atoms with van der Waals surface area (Å²) in [6.07, 6.45) is 5.25. The van der Waals surface area contributed by atoms with Gasteiger partial charge in [0.25, 0.3) is 0 Å². The van der Waals surface area contributed by atoms with Crippen LogP contribution in [0.3, 0.4) is 0 Å². The van der Waals surface area contributed by atoms with Gasteiger partial charge in [-0.3, -0.25) is 0 Å². The summed E-state index contributed by atoms with van der Waals surface area (Å²) in [6.45, 7) is 1.71. The molecule has 2 atom stereocenters. The minimum absolute atomic E-state index is 0.0678. The van der Waals surface area contributed by atoms with Crippen molar-refractivity contribution < 1.29 is 9.84 Å². The van der Waals surface area contributed by atoms with E-state index in [0.717, 1.165) is 37.3 Å². The molecule has 1 aliphatic carbocycles. The molecule has 2 saturated heterocycles. The third kappa shape index (κ3) is 3.20. The van der Waals surface area contributed by atoms with Crippen molar-refractivity contribution in [3.05, 3.63) is 29.5 Å². The minimum atomic E-state index is -0.235. The smallest absolute Gasteiger partial charge is 0.215 e. The lowest BCUT2D eigenvalue weighted by molar-refractivity contribution is -0.0128. The molecule has 2 aromatic heterocycles. The van der Waals surface area contributed by atoms with Crippen LogP contribution in [0.1, 0.15) is 25.7 Å². The molecule has 0 aromatic carbocycles. The number of rotatable bonds is 4. The summed E-state index contributed by atoms with van der Waals surface area (Å²) in [4.78, 5) is 9.09. The van der Waals surface area contributed by atoms with Crippen LogP contribution in [0.15, 0.2) is 24.4 Å². The Labute approximate surface area is 168 Å². The van der Waals surface area contributed by atoms with Gasteiger partial charge in [0.1, 0.15) is 6.10 Å². The summed E-state index contributed by atoms with van der Waals surface area (Å²) in [5.41, 5.74) is 8.04. The van der Waals surface area contributed by atoms with Crippen molar-refractivity contribution in [2.24, 2.45) is 0 Å². The van der Waals surface area contributed by atoms with Gasteiger partial charge in [-0.2, -0.15) is 0 Å². The van der Waals surface area contributed by atoms with Crippen LogP contribution in [0, 0.1) is 0 Å². The first kappa shape index (κ1) is 17.8. The van der Waals surface area contributed by atoms with Gasteiger partial charge in [0.05, 0.1) is 11.8 Å². The number of pyridine rings is 1. The topological polar surface area (TPSA) is 101 Å². The quantitative estimate of drug-likeness (QED) is 0.799. The lowest BCUT2D eigenvalue weighted by Gasteiger charge is -2.43. The molecule has 9 heteroatoms. The minimum Gasteiger partial charge on any atom is -0.474 e. The number of fused-ring (bicyclic) bond motifs is 2. The van der Waals surface area contributed by atoms with Crippen LogP contribution in [0.2, 0.25) is 5.15 Å². The molecule has 0 radical (unpaired) electrons. The van der Waals surface area contributed by atoms with E-state index in [-0.39, 0.29) is 12.2 Å². The van der Waals surface area contributed by atoms with E-state index in [1.54, 1.807) is 12.3 Å². The normalized spacial score (nSPS) is 28.9. The zero-order chi connectivity index (χ0) is 19.3. The number of halogens is 1. The highest BCUT2D eigenvalue weighted by Gasteiger charge is 2.41. The summed E-state index contributed by atoms with van der Waals surface area (Å²) >= 11 is 6.03. The van der Waals surface area contributed by atoms with E-state index >= 15 is 0 Å². The first-order valence-corrected chi connectivity index (χ1v) is 10.1. The maximum Gasteiger partial charge on any atom is 0.215 e. The van der Waals surface area contributed by atoms with Gasteiger partial charge < -0.3 is 25.4 Å². The van der Waals surface area contributed by atoms with E-state index in [9.17, 15) is 5.11 Å². The number of piperazine rings is 1. The van der Waals surface area contributed by atoms with E-state index in [1.807, 2.05) is 12.1 Å². The maximum absolute atomic E-state index is 9.45. The Morgan fingerprint density at radius 1 is 1.14 bits per heavy atom. The van der Waals surface area contributed by atoms with Gasteiger partial charge in [0.15, 0.2) is 11.0 Å². The fourth-order valence-electron chi connectivity index (χ4n) is 4.57. The average Bonchev–Trinajstić information content (AvgIpc) is 2.92. The van der Waals surface area contributed by atoms with Gasteiger partial charge in [0.2, 0.25) is 5.88 Å². The first-order valence-electron chi connectivity index (χ1n) is 9.69. The molecule has 2 unspecified atom stereocenters. The molecule has 148 valence electrons. The standard InChI is InChI=1S/C19H23ClN6O2/c20-17-8-16(19(21)24-23-17)25-9-12-1-2-13(10-25)26(12)11-3-4-22-18(5-11)28-15-6-14(27)7-15/h3-5,8,12-15,27H,1-2,6-7,9-10H2,(H2,21,24)/t12?,13?,14-,15+. The van der Waals surface area contributed by atoms with Gasteiger partial charge in [-0.15, -0.1) is 10.2 Å². The molecule has 4 heterocycles. The number of aliphatic hydroxyl groups excluding tert-OH is 1. The number of ether oxygens (including phenoxy) is 1. The van der Waals surface area contributed by atoms with E-state index in [4.69, 9.17) is 22.1 Å². The maximum atomic E-state index is 9.45. The number of anilines is 3. The Balaban J connectivity index is 1.34. The molecule has 5 rings (SSSR count). The Bertz CT molecular complexity index is 863. The number of aliphatic hydroxyl groups is 1. The molecule has 3 fully saturated rings. The average molecular weight is 403 g/mol. The molecule has 2 aliphatic heterocycles. The highest BCUT2D eigenvalue weighted by Crippen LogP contribution is 2.38. The number of nitrogens with zero attached hydrogens (tertiary/aromatic N) is 5. The van der Waals surface area contributed by atoms with E-state index in [0.29, 0.717) is 41.8 Å². The summed E-state index contributed by atoms with van der Waals surface area (Å²) in [5, 5.41) is 17.6. The van der Waals surface area contributed by atoms with Crippen molar-refractivity contribution in [2.75, 3.05) is 28.6 Å². The van der Waals surface area contributed by atoms with E-state index in [2.05, 4.69) is 25.0 Å².